The molecule has 0 aromatic carbocycles. The van der Waals surface area contributed by atoms with Crippen molar-refractivity contribution >= 4 is 69.1 Å². The van der Waals surface area contributed by atoms with Crippen molar-refractivity contribution in [3.05, 3.63) is 12.7 Å². The predicted octanol–water partition coefficient (Wildman–Crippen LogP) is 4.63. The lowest BCUT2D eigenvalue weighted by Gasteiger charge is -2.30. The molecule has 2 aromatic rings. The molecule has 71 heavy (non-hydrogen) atoms. The lowest BCUT2D eigenvalue weighted by atomic mass is 9.87. The third-order valence-corrected chi connectivity index (χ3v) is 15.4. The second-order valence-electron chi connectivity index (χ2n) is 18.0. The Bertz CT molecular complexity index is 2110. The van der Waals surface area contributed by atoms with Crippen molar-refractivity contribution in [2.24, 2.45) is 5.41 Å². The average Bonchev–Trinajstić information content (AvgIpc) is 3.85. The zero-order valence-corrected chi connectivity index (χ0v) is 43.9. The summed E-state index contributed by atoms with van der Waals surface area (Å²) in [6.45, 7) is 2.41. The maximum Gasteiger partial charge on any atom is 0.481 e. The van der Waals surface area contributed by atoms with Gasteiger partial charge in [-0.15, -0.1) is 0 Å². The van der Waals surface area contributed by atoms with Gasteiger partial charge in [0.1, 0.15) is 42.4 Å². The minimum atomic E-state index is -5.60. The number of imidazole rings is 1. The summed E-state index contributed by atoms with van der Waals surface area (Å²) in [5.74, 6) is -1.44. The fourth-order valence-corrected chi connectivity index (χ4v) is 10.9. The first-order valence-corrected chi connectivity index (χ1v) is 29.2. The van der Waals surface area contributed by atoms with Crippen LogP contribution in [0.4, 0.5) is 10.2 Å². The fourth-order valence-electron chi connectivity index (χ4n) is 7.38. The van der Waals surface area contributed by atoms with Gasteiger partial charge in [0.25, 0.3) is 0 Å². The van der Waals surface area contributed by atoms with E-state index in [1.807, 2.05) is 0 Å². The number of ether oxygens (including phenoxy) is 1. The van der Waals surface area contributed by atoms with Crippen LogP contribution in [0, 0.1) is 5.41 Å². The van der Waals surface area contributed by atoms with Crippen molar-refractivity contribution in [3.8, 4) is 0 Å². The van der Waals surface area contributed by atoms with Gasteiger partial charge in [-0.3, -0.25) is 32.5 Å². The average molecular weight is 1100 g/mol. The van der Waals surface area contributed by atoms with E-state index in [1.54, 1.807) is 0 Å². The SMILES string of the molecule is CCCCCCCCCCCCCCCCC(F)C(O)CC(=O)SCCNC(=O)CCNC(=O)[C@H](O)C(C)(C)COP(=O)(O)OP(=O)(O)OC[C@H]1O[C@@H](n2cnc3c(N)ncnc32)[C@H](O)[C@@H]1OP(=O)(O)O. The van der Waals surface area contributed by atoms with Crippen LogP contribution in [0.1, 0.15) is 136 Å². The highest BCUT2D eigenvalue weighted by molar-refractivity contribution is 8.13. The fraction of sp³-hybridized carbons (Fsp3) is 0.805. The first kappa shape index (κ1) is 62.7. The van der Waals surface area contributed by atoms with E-state index in [-0.39, 0.29) is 55.1 Å². The summed E-state index contributed by atoms with van der Waals surface area (Å²) in [7, 11) is -16.5. The van der Waals surface area contributed by atoms with Crippen molar-refractivity contribution in [1.82, 2.24) is 30.2 Å². The second kappa shape index (κ2) is 30.7. The minimum absolute atomic E-state index is 0.0207. The van der Waals surface area contributed by atoms with Crippen LogP contribution >= 0.6 is 35.2 Å². The summed E-state index contributed by atoms with van der Waals surface area (Å²) in [6.07, 6.45) is 6.23. The van der Waals surface area contributed by atoms with E-state index in [9.17, 15) is 67.4 Å². The number of nitrogen functional groups attached to an aromatic ring is 1. The molecule has 0 aliphatic carbocycles. The van der Waals surface area contributed by atoms with E-state index in [2.05, 4.69) is 41.3 Å². The maximum absolute atomic E-state index is 14.5. The van der Waals surface area contributed by atoms with Gasteiger partial charge in [-0.05, 0) is 6.42 Å². The minimum Gasteiger partial charge on any atom is -0.390 e. The number of amides is 2. The molecule has 30 heteroatoms. The molecule has 1 fully saturated rings. The molecule has 1 aliphatic rings. The van der Waals surface area contributed by atoms with Crippen molar-refractivity contribution in [2.45, 2.75) is 173 Å². The highest BCUT2D eigenvalue weighted by atomic mass is 32.2. The van der Waals surface area contributed by atoms with Crippen LogP contribution < -0.4 is 16.4 Å². The number of carbonyl (C=O) groups excluding carboxylic acids is 3. The molecule has 2 amide bonds. The standard InChI is InChI=1S/C41H73FN7O18P3S/c1-4-5-6-7-8-9-10-11-12-13-14-15-16-17-18-28(42)29(50)23-32(52)71-22-21-44-31(51)19-20-45-39(55)36(54)41(2,3)25-64-70(61,62)67-69(59,60)63-24-30-35(66-68(56,57)58)34(53)40(65-30)49-27-48-33-37(43)46-26-47-38(33)49/h26-30,34-36,40,50,53-54H,4-25H2,1-3H3,(H,44,51)(H,45,55)(H,59,60)(H,61,62)(H2,43,46,47)(H2,56,57,58)/t28?,29?,30-,34-,35-,36+,40-/m1/s1. The number of aliphatic hydroxyl groups is 3. The molecule has 0 saturated carbocycles. The lowest BCUT2D eigenvalue weighted by molar-refractivity contribution is -0.137. The highest BCUT2D eigenvalue weighted by Gasteiger charge is 2.50. The molecule has 9 atom stereocenters. The monoisotopic (exact) mass is 1100 g/mol. The van der Waals surface area contributed by atoms with E-state index < -0.39 is 102 Å². The molecule has 408 valence electrons. The Balaban J connectivity index is 1.30. The third-order valence-electron chi connectivity index (χ3n) is 11.4. The molecule has 1 saturated heterocycles. The summed E-state index contributed by atoms with van der Waals surface area (Å²) in [5.41, 5.74) is 4.21. The number of carbonyl (C=O) groups is 3. The number of unbranched alkanes of at least 4 members (excludes halogenated alkanes) is 13. The number of aromatic nitrogens is 4. The normalized spacial score (nSPS) is 20.5. The van der Waals surface area contributed by atoms with Crippen LogP contribution in [0.15, 0.2) is 12.7 Å². The van der Waals surface area contributed by atoms with E-state index in [0.29, 0.717) is 6.42 Å². The molecular weight excluding hydrogens is 1020 g/mol. The third kappa shape index (κ3) is 23.3. The molecule has 1 aliphatic heterocycles. The molecule has 0 radical (unpaired) electrons. The topological polar surface area (TPSA) is 384 Å². The Kier molecular flexibility index (Phi) is 27.2. The van der Waals surface area contributed by atoms with Crippen molar-refractivity contribution in [2.75, 3.05) is 37.8 Å². The van der Waals surface area contributed by atoms with Crippen LogP contribution in [0.3, 0.4) is 0 Å². The van der Waals surface area contributed by atoms with Gasteiger partial charge in [-0.25, -0.2) is 33.0 Å². The highest BCUT2D eigenvalue weighted by Crippen LogP contribution is 2.61. The molecule has 3 rings (SSSR count). The predicted molar refractivity (Wildman–Crippen MR) is 258 cm³/mol. The number of rotatable bonds is 37. The molecule has 25 nitrogen and oxygen atoms in total. The van der Waals surface area contributed by atoms with E-state index in [1.165, 1.54) is 78.1 Å². The molecule has 11 N–H and O–H groups in total. The number of aliphatic hydroxyl groups excluding tert-OH is 3. The molecule has 0 spiro atoms. The smallest absolute Gasteiger partial charge is 0.390 e. The van der Waals surface area contributed by atoms with Crippen molar-refractivity contribution in [3.63, 3.8) is 0 Å². The number of hydrogen-bond acceptors (Lipinski definition) is 19. The van der Waals surface area contributed by atoms with Gasteiger partial charge in [0.2, 0.25) is 11.8 Å². The Labute approximate surface area is 416 Å². The van der Waals surface area contributed by atoms with Gasteiger partial charge in [0.05, 0.1) is 25.6 Å². The van der Waals surface area contributed by atoms with Crippen LogP contribution in [-0.4, -0.2) is 140 Å². The number of phosphoric ester groups is 3. The first-order valence-electron chi connectivity index (χ1n) is 23.7. The van der Waals surface area contributed by atoms with Crippen LogP contribution in [0.25, 0.3) is 11.2 Å². The number of fused-ring (bicyclic) bond motifs is 1. The van der Waals surface area contributed by atoms with Crippen LogP contribution in [-0.2, 0) is 50.7 Å². The van der Waals surface area contributed by atoms with E-state index in [4.69, 9.17) is 19.5 Å². The lowest BCUT2D eigenvalue weighted by Crippen LogP contribution is -2.46. The van der Waals surface area contributed by atoms with Crippen LogP contribution in [0.2, 0.25) is 0 Å². The zero-order valence-electron chi connectivity index (χ0n) is 40.4. The molecular formula is C41H73FN7O18P3S. The number of phosphoric acid groups is 3. The van der Waals surface area contributed by atoms with Crippen molar-refractivity contribution in [1.29, 1.82) is 0 Å². The van der Waals surface area contributed by atoms with Gasteiger partial charge in [-0.2, -0.15) is 4.31 Å². The summed E-state index contributed by atoms with van der Waals surface area (Å²) in [5, 5.41) is 36.2. The Morgan fingerprint density at radius 2 is 1.48 bits per heavy atom. The number of nitrogens with one attached hydrogen (secondary N) is 2. The Morgan fingerprint density at radius 1 is 0.887 bits per heavy atom. The number of anilines is 1. The zero-order chi connectivity index (χ0) is 52.8. The number of thioether (sulfide) groups is 1. The Morgan fingerprint density at radius 3 is 2.08 bits per heavy atom. The quantitative estimate of drug-likeness (QED) is 0.0326. The number of hydrogen-bond donors (Lipinski definition) is 10. The van der Waals surface area contributed by atoms with Gasteiger partial charge < -0.3 is 56.0 Å². The second-order valence-corrected chi connectivity index (χ2v) is 23.4. The molecule has 3 heterocycles. The van der Waals surface area contributed by atoms with E-state index in [0.717, 1.165) is 48.2 Å². The molecule has 2 aromatic heterocycles. The number of halogens is 1. The van der Waals surface area contributed by atoms with Gasteiger partial charge in [0, 0.05) is 37.1 Å². The number of alkyl halides is 1. The van der Waals surface area contributed by atoms with E-state index >= 15 is 0 Å². The van der Waals surface area contributed by atoms with Gasteiger partial charge in [-0.1, -0.05) is 122 Å². The van der Waals surface area contributed by atoms with Crippen molar-refractivity contribution < 1.29 is 90.0 Å². The number of nitrogens with two attached hydrogens (primary N) is 1. The Hall–Kier alpha value is -2.55. The summed E-state index contributed by atoms with van der Waals surface area (Å²) in [4.78, 5) is 88.5. The number of nitrogens with zero attached hydrogens (tertiary/aromatic N) is 4. The molecule has 0 bridgehead atoms. The summed E-state index contributed by atoms with van der Waals surface area (Å²) >= 11 is 0.838. The summed E-state index contributed by atoms with van der Waals surface area (Å²) in [6, 6.07) is 0. The molecule has 4 unspecified atom stereocenters. The first-order chi connectivity index (χ1) is 33.4. The van der Waals surface area contributed by atoms with Gasteiger partial charge >= 0.3 is 23.5 Å². The van der Waals surface area contributed by atoms with Crippen LogP contribution in [0.5, 0.6) is 0 Å². The largest absolute Gasteiger partial charge is 0.481 e. The van der Waals surface area contributed by atoms with Gasteiger partial charge in [0.15, 0.2) is 22.8 Å². The maximum atomic E-state index is 14.5. The summed E-state index contributed by atoms with van der Waals surface area (Å²) < 4.78 is 76.9.